The van der Waals surface area contributed by atoms with Crippen molar-refractivity contribution in [1.82, 2.24) is 10.3 Å². The fourth-order valence-corrected chi connectivity index (χ4v) is 1.53. The third-order valence-electron chi connectivity index (χ3n) is 1.50. The highest BCUT2D eigenvalue weighted by Crippen LogP contribution is 2.10. The van der Waals surface area contributed by atoms with Gasteiger partial charge in [-0.25, -0.2) is 4.98 Å². The fraction of sp³-hybridized carbons (Fsp3) is 0.500. The van der Waals surface area contributed by atoms with Crippen LogP contribution < -0.4 is 11.1 Å². The van der Waals surface area contributed by atoms with Crippen LogP contribution in [0.25, 0.3) is 0 Å². The highest BCUT2D eigenvalue weighted by atomic mass is 32.1. The summed E-state index contributed by atoms with van der Waals surface area (Å²) in [5.41, 5.74) is 5.38. The summed E-state index contributed by atoms with van der Waals surface area (Å²) in [5, 5.41) is 3.60. The van der Waals surface area contributed by atoms with Crippen LogP contribution >= 0.6 is 11.3 Å². The largest absolute Gasteiger partial charge is 0.348 e. The molecule has 1 aromatic rings. The third kappa shape index (κ3) is 3.12. The van der Waals surface area contributed by atoms with Crippen LogP contribution in [0.3, 0.4) is 0 Å². The predicted molar refractivity (Wildman–Crippen MR) is 52.3 cm³/mol. The summed E-state index contributed by atoms with van der Waals surface area (Å²) in [6.07, 6.45) is 1.79. The van der Waals surface area contributed by atoms with Crippen LogP contribution in [-0.4, -0.2) is 16.9 Å². The molecule has 0 aliphatic heterocycles. The highest BCUT2D eigenvalue weighted by molar-refractivity contribution is 7.11. The van der Waals surface area contributed by atoms with Gasteiger partial charge in [-0.05, 0) is 13.8 Å². The summed E-state index contributed by atoms with van der Waals surface area (Å²) in [6.45, 7) is 4.11. The van der Waals surface area contributed by atoms with Crippen LogP contribution in [0.15, 0.2) is 6.20 Å². The molecule has 1 amide bonds. The number of nitrogens with two attached hydrogens (primary N) is 1. The SMILES string of the molecule is Cc1cnc(CNC(=O)[C@@H](C)N)s1. The van der Waals surface area contributed by atoms with Crippen LogP contribution in [0, 0.1) is 6.92 Å². The van der Waals surface area contributed by atoms with E-state index in [1.165, 1.54) is 0 Å². The zero-order chi connectivity index (χ0) is 9.84. The average Bonchev–Trinajstić information content (AvgIpc) is 2.47. The predicted octanol–water partition coefficient (Wildman–Crippen LogP) is 0.415. The van der Waals surface area contributed by atoms with Crippen LogP contribution in [0.1, 0.15) is 16.8 Å². The number of aromatic nitrogens is 1. The number of hydrogen-bond donors (Lipinski definition) is 2. The van der Waals surface area contributed by atoms with Gasteiger partial charge in [0.25, 0.3) is 0 Å². The molecule has 5 heteroatoms. The molecule has 1 aromatic heterocycles. The van der Waals surface area contributed by atoms with E-state index in [2.05, 4.69) is 10.3 Å². The van der Waals surface area contributed by atoms with Gasteiger partial charge in [-0.15, -0.1) is 11.3 Å². The second-order valence-corrected chi connectivity index (χ2v) is 4.19. The molecule has 4 nitrogen and oxygen atoms in total. The maximum atomic E-state index is 11.1. The van der Waals surface area contributed by atoms with Crippen molar-refractivity contribution in [3.05, 3.63) is 16.1 Å². The molecular weight excluding hydrogens is 186 g/mol. The smallest absolute Gasteiger partial charge is 0.236 e. The Bertz CT molecular complexity index is 295. The van der Waals surface area contributed by atoms with Crippen molar-refractivity contribution in [1.29, 1.82) is 0 Å². The van der Waals surface area contributed by atoms with Gasteiger partial charge in [-0.2, -0.15) is 0 Å². The van der Waals surface area contributed by atoms with Crippen LogP contribution in [0.4, 0.5) is 0 Å². The highest BCUT2D eigenvalue weighted by Gasteiger charge is 2.07. The van der Waals surface area contributed by atoms with Gasteiger partial charge in [0, 0.05) is 11.1 Å². The van der Waals surface area contributed by atoms with Gasteiger partial charge >= 0.3 is 0 Å². The Hall–Kier alpha value is -0.940. The number of hydrogen-bond acceptors (Lipinski definition) is 4. The molecule has 3 N–H and O–H groups in total. The Morgan fingerprint density at radius 2 is 2.54 bits per heavy atom. The van der Waals surface area contributed by atoms with E-state index in [9.17, 15) is 4.79 Å². The van der Waals surface area contributed by atoms with E-state index in [1.807, 2.05) is 6.92 Å². The van der Waals surface area contributed by atoms with Gasteiger partial charge in [-0.3, -0.25) is 4.79 Å². The van der Waals surface area contributed by atoms with E-state index in [1.54, 1.807) is 24.5 Å². The van der Waals surface area contributed by atoms with Crippen LogP contribution in [-0.2, 0) is 11.3 Å². The topological polar surface area (TPSA) is 68.0 Å². The summed E-state index contributed by atoms with van der Waals surface area (Å²) >= 11 is 1.57. The molecule has 13 heavy (non-hydrogen) atoms. The Morgan fingerprint density at radius 3 is 3.00 bits per heavy atom. The second kappa shape index (κ2) is 4.34. The first-order valence-corrected chi connectivity index (χ1v) is 4.86. The summed E-state index contributed by atoms with van der Waals surface area (Å²) in [7, 11) is 0. The first-order chi connectivity index (χ1) is 6.09. The lowest BCUT2D eigenvalue weighted by molar-refractivity contribution is -0.122. The minimum atomic E-state index is -0.457. The zero-order valence-corrected chi connectivity index (χ0v) is 8.52. The molecule has 1 rings (SSSR count). The third-order valence-corrected chi connectivity index (χ3v) is 2.41. The summed E-state index contributed by atoms with van der Waals surface area (Å²) < 4.78 is 0. The van der Waals surface area contributed by atoms with Gasteiger partial charge in [0.15, 0.2) is 0 Å². The minimum Gasteiger partial charge on any atom is -0.348 e. The standard InChI is InChI=1S/C8H13N3OS/c1-5-3-10-7(13-5)4-11-8(12)6(2)9/h3,6H,4,9H2,1-2H3,(H,11,12)/t6-/m1/s1. The first-order valence-electron chi connectivity index (χ1n) is 4.04. The number of carbonyl (C=O) groups is 1. The van der Waals surface area contributed by atoms with Crippen LogP contribution in [0.2, 0.25) is 0 Å². The lowest BCUT2D eigenvalue weighted by Crippen LogP contribution is -2.37. The number of aryl methyl sites for hydroxylation is 1. The molecule has 0 bridgehead atoms. The van der Waals surface area contributed by atoms with E-state index in [0.717, 1.165) is 9.88 Å². The quantitative estimate of drug-likeness (QED) is 0.741. The minimum absolute atomic E-state index is 0.146. The van der Waals surface area contributed by atoms with E-state index >= 15 is 0 Å². The van der Waals surface area contributed by atoms with Gasteiger partial charge in [0.1, 0.15) is 5.01 Å². The molecule has 0 radical (unpaired) electrons. The molecule has 1 atom stereocenters. The molecule has 1 heterocycles. The average molecular weight is 199 g/mol. The summed E-state index contributed by atoms with van der Waals surface area (Å²) in [6, 6.07) is -0.457. The molecule has 0 aliphatic carbocycles. The molecule has 0 aliphatic rings. The maximum absolute atomic E-state index is 11.1. The van der Waals surface area contributed by atoms with Gasteiger partial charge in [-0.1, -0.05) is 0 Å². The number of nitrogens with one attached hydrogen (secondary N) is 1. The molecule has 0 aromatic carbocycles. The summed E-state index contributed by atoms with van der Waals surface area (Å²) in [4.78, 5) is 16.3. The van der Waals surface area contributed by atoms with Crippen LogP contribution in [0.5, 0.6) is 0 Å². The lowest BCUT2D eigenvalue weighted by atomic mass is 10.3. The summed E-state index contributed by atoms with van der Waals surface area (Å²) in [5.74, 6) is -0.146. The van der Waals surface area contributed by atoms with Crippen molar-refractivity contribution in [2.45, 2.75) is 26.4 Å². The van der Waals surface area contributed by atoms with Gasteiger partial charge < -0.3 is 11.1 Å². The van der Waals surface area contributed by atoms with Crippen molar-refractivity contribution in [2.24, 2.45) is 5.73 Å². The van der Waals surface area contributed by atoms with E-state index < -0.39 is 6.04 Å². The lowest BCUT2D eigenvalue weighted by Gasteiger charge is -2.04. The maximum Gasteiger partial charge on any atom is 0.236 e. The number of carbonyl (C=O) groups excluding carboxylic acids is 1. The Balaban J connectivity index is 2.39. The fourth-order valence-electron chi connectivity index (χ4n) is 0.807. The number of nitrogens with zero attached hydrogens (tertiary/aromatic N) is 1. The van der Waals surface area contributed by atoms with E-state index in [-0.39, 0.29) is 5.91 Å². The van der Waals surface area contributed by atoms with Crippen molar-refractivity contribution in [3.63, 3.8) is 0 Å². The normalized spacial score (nSPS) is 12.5. The zero-order valence-electron chi connectivity index (χ0n) is 7.70. The van der Waals surface area contributed by atoms with Gasteiger partial charge in [0.2, 0.25) is 5.91 Å². The number of amides is 1. The number of rotatable bonds is 3. The number of thiazole rings is 1. The molecule has 0 fully saturated rings. The molecule has 0 saturated carbocycles. The molecule has 0 unspecified atom stereocenters. The Morgan fingerprint density at radius 1 is 1.85 bits per heavy atom. The molecule has 72 valence electrons. The van der Waals surface area contributed by atoms with E-state index in [0.29, 0.717) is 6.54 Å². The van der Waals surface area contributed by atoms with E-state index in [4.69, 9.17) is 5.73 Å². The molecule has 0 saturated heterocycles. The van der Waals surface area contributed by atoms with Crippen molar-refractivity contribution < 1.29 is 4.79 Å². The van der Waals surface area contributed by atoms with Gasteiger partial charge in [0.05, 0.1) is 12.6 Å². The second-order valence-electron chi connectivity index (χ2n) is 2.87. The Labute approximate surface area is 81.2 Å². The molecular formula is C8H13N3OS. The molecule has 0 spiro atoms. The van der Waals surface area contributed by atoms with Crippen molar-refractivity contribution in [3.8, 4) is 0 Å². The Kier molecular flexibility index (Phi) is 3.39. The monoisotopic (exact) mass is 199 g/mol. The van der Waals surface area contributed by atoms with Crippen molar-refractivity contribution in [2.75, 3.05) is 0 Å². The first kappa shape index (κ1) is 10.1. The van der Waals surface area contributed by atoms with Crippen molar-refractivity contribution >= 4 is 17.2 Å².